The molecule has 0 aliphatic carbocycles. The molecule has 0 radical (unpaired) electrons. The number of anilines is 2. The van der Waals surface area contributed by atoms with Crippen LogP contribution in [0.15, 0.2) is 52.7 Å². The zero-order valence-corrected chi connectivity index (χ0v) is 19.9. The number of Topliss-reactive ketones (excluding diaryl/α,β-unsaturated/α-hetero) is 1. The van der Waals surface area contributed by atoms with Crippen molar-refractivity contribution in [1.29, 1.82) is 0 Å². The first kappa shape index (κ1) is 25.5. The summed E-state index contributed by atoms with van der Waals surface area (Å²) in [6.45, 7) is 5.14. The lowest BCUT2D eigenvalue weighted by Crippen LogP contribution is -2.31. The van der Waals surface area contributed by atoms with Gasteiger partial charge in [0.2, 0.25) is 11.9 Å². The summed E-state index contributed by atoms with van der Waals surface area (Å²) in [5.41, 5.74) is 2.22. The molecule has 2 unspecified atom stereocenters. The summed E-state index contributed by atoms with van der Waals surface area (Å²) in [7, 11) is 0. The third-order valence-electron chi connectivity index (χ3n) is 5.38. The quantitative estimate of drug-likeness (QED) is 0.217. The molecule has 2 aromatic carbocycles. The molecule has 0 fully saturated rings. The van der Waals surface area contributed by atoms with E-state index in [-0.39, 0.29) is 37.4 Å². The number of hydrogen-bond acceptors (Lipinski definition) is 8. The summed E-state index contributed by atoms with van der Waals surface area (Å²) in [4.78, 5) is 48.1. The number of nitrogens with zero attached hydrogens (tertiary/aromatic N) is 2. The van der Waals surface area contributed by atoms with Gasteiger partial charge in [-0.15, -0.1) is 0 Å². The number of amides is 2. The van der Waals surface area contributed by atoms with E-state index in [0.29, 0.717) is 29.2 Å². The Morgan fingerprint density at radius 1 is 1.14 bits per heavy atom. The number of carbonyl (C=O) groups excluding carboxylic acids is 4. The van der Waals surface area contributed by atoms with Crippen LogP contribution in [0.1, 0.15) is 32.8 Å². The maximum Gasteiger partial charge on any atom is 0.308 e. The van der Waals surface area contributed by atoms with Crippen LogP contribution in [0.3, 0.4) is 0 Å². The highest BCUT2D eigenvalue weighted by molar-refractivity contribution is 6.10. The minimum Gasteiger partial charge on any atom is -0.488 e. The highest BCUT2D eigenvalue weighted by Crippen LogP contribution is 2.28. The number of hydrogen-bond donors (Lipinski definition) is 2. The molecule has 35 heavy (non-hydrogen) atoms. The molecule has 1 aliphatic rings. The van der Waals surface area contributed by atoms with E-state index in [9.17, 15) is 19.2 Å². The summed E-state index contributed by atoms with van der Waals surface area (Å²) in [6, 6.07) is 10.4. The fourth-order valence-corrected chi connectivity index (χ4v) is 3.22. The second kappa shape index (κ2) is 11.9. The molecule has 10 heteroatoms. The Hall–Kier alpha value is -4.08. The van der Waals surface area contributed by atoms with Crippen molar-refractivity contribution in [3.8, 4) is 5.75 Å². The Morgan fingerprint density at radius 3 is 2.66 bits per heavy atom. The van der Waals surface area contributed by atoms with Crippen LogP contribution in [-0.2, 0) is 30.3 Å². The average Bonchev–Trinajstić information content (AvgIpc) is 3.21. The van der Waals surface area contributed by atoms with Crippen LogP contribution in [0.5, 0.6) is 5.75 Å². The number of rotatable bonds is 11. The first-order valence-electron chi connectivity index (χ1n) is 11.3. The van der Waals surface area contributed by atoms with Gasteiger partial charge in [-0.3, -0.25) is 19.2 Å². The average molecular weight is 481 g/mol. The predicted octanol–water partition coefficient (Wildman–Crippen LogP) is 3.83. The molecule has 1 aliphatic heterocycles. The molecule has 184 valence electrons. The molecule has 0 spiro atoms. The van der Waals surface area contributed by atoms with E-state index in [0.717, 1.165) is 5.56 Å². The van der Waals surface area contributed by atoms with Crippen molar-refractivity contribution in [1.82, 2.24) is 0 Å². The SMILES string of the molecule is CCC(C)C(=O)OCCOc1ccccc1N=NC(C(C)=O)C(=O)Nc1ccc2c(c1)CC(=O)N2. The molecule has 2 N–H and O–H groups in total. The second-order valence-electron chi connectivity index (χ2n) is 8.11. The van der Waals surface area contributed by atoms with Gasteiger partial charge < -0.3 is 20.1 Å². The highest BCUT2D eigenvalue weighted by atomic mass is 16.6. The number of carbonyl (C=O) groups is 4. The van der Waals surface area contributed by atoms with Gasteiger partial charge in [0.15, 0.2) is 5.78 Å². The Labute approximate surface area is 203 Å². The monoisotopic (exact) mass is 480 g/mol. The Morgan fingerprint density at radius 2 is 1.91 bits per heavy atom. The van der Waals surface area contributed by atoms with E-state index in [1.165, 1.54) is 6.92 Å². The fourth-order valence-electron chi connectivity index (χ4n) is 3.22. The van der Waals surface area contributed by atoms with Crippen LogP contribution in [0, 0.1) is 5.92 Å². The summed E-state index contributed by atoms with van der Waals surface area (Å²) in [6.07, 6.45) is 0.916. The largest absolute Gasteiger partial charge is 0.488 e. The van der Waals surface area contributed by atoms with Crippen molar-refractivity contribution in [3.05, 3.63) is 48.0 Å². The molecule has 3 rings (SSSR count). The van der Waals surface area contributed by atoms with E-state index < -0.39 is 17.7 Å². The van der Waals surface area contributed by atoms with Gasteiger partial charge in [0.25, 0.3) is 5.91 Å². The maximum absolute atomic E-state index is 12.7. The van der Waals surface area contributed by atoms with Gasteiger partial charge in [-0.1, -0.05) is 26.0 Å². The third kappa shape index (κ3) is 6.95. The van der Waals surface area contributed by atoms with E-state index in [1.54, 1.807) is 49.4 Å². The van der Waals surface area contributed by atoms with Crippen molar-refractivity contribution in [2.75, 3.05) is 23.8 Å². The number of esters is 1. The van der Waals surface area contributed by atoms with Gasteiger partial charge >= 0.3 is 5.97 Å². The molecule has 0 saturated heterocycles. The minimum atomic E-state index is -1.37. The van der Waals surface area contributed by atoms with Crippen molar-refractivity contribution >= 4 is 40.6 Å². The lowest BCUT2D eigenvalue weighted by Gasteiger charge is -2.12. The molecule has 2 atom stereocenters. The number of azo groups is 1. The first-order chi connectivity index (χ1) is 16.8. The number of ether oxygens (including phenoxy) is 2. The molecule has 10 nitrogen and oxygen atoms in total. The lowest BCUT2D eigenvalue weighted by molar-refractivity contribution is -0.148. The zero-order chi connectivity index (χ0) is 25.4. The smallest absolute Gasteiger partial charge is 0.308 e. The molecule has 0 aromatic heterocycles. The Kier molecular flexibility index (Phi) is 8.66. The maximum atomic E-state index is 12.7. The summed E-state index contributed by atoms with van der Waals surface area (Å²) >= 11 is 0. The van der Waals surface area contributed by atoms with Gasteiger partial charge in [0.05, 0.1) is 12.3 Å². The van der Waals surface area contributed by atoms with Crippen molar-refractivity contribution in [2.24, 2.45) is 16.1 Å². The Bertz CT molecular complexity index is 1150. The fraction of sp³-hybridized carbons (Fsp3) is 0.360. The van der Waals surface area contributed by atoms with Crippen LogP contribution < -0.4 is 15.4 Å². The van der Waals surface area contributed by atoms with Crippen molar-refractivity contribution in [3.63, 3.8) is 0 Å². The third-order valence-corrected chi connectivity index (χ3v) is 5.38. The number of ketones is 1. The number of benzene rings is 2. The van der Waals surface area contributed by atoms with Crippen LogP contribution in [0.2, 0.25) is 0 Å². The van der Waals surface area contributed by atoms with Crippen LogP contribution in [0.25, 0.3) is 0 Å². The van der Waals surface area contributed by atoms with Gasteiger partial charge in [0, 0.05) is 11.4 Å². The van der Waals surface area contributed by atoms with Crippen LogP contribution in [0.4, 0.5) is 17.1 Å². The topological polar surface area (TPSA) is 136 Å². The van der Waals surface area contributed by atoms with Gasteiger partial charge in [0.1, 0.15) is 24.7 Å². The lowest BCUT2D eigenvalue weighted by atomic mass is 10.1. The molecule has 0 saturated carbocycles. The van der Waals surface area contributed by atoms with Crippen molar-refractivity contribution < 1.29 is 28.7 Å². The number of para-hydroxylation sites is 1. The number of fused-ring (bicyclic) bond motifs is 1. The molecule has 2 amide bonds. The Balaban J connectivity index is 1.63. The summed E-state index contributed by atoms with van der Waals surface area (Å²) in [5, 5.41) is 13.4. The van der Waals surface area contributed by atoms with E-state index in [4.69, 9.17) is 9.47 Å². The van der Waals surface area contributed by atoms with Crippen molar-refractivity contribution in [2.45, 2.75) is 39.7 Å². The van der Waals surface area contributed by atoms with E-state index >= 15 is 0 Å². The molecule has 2 aromatic rings. The molecular weight excluding hydrogens is 452 g/mol. The zero-order valence-electron chi connectivity index (χ0n) is 19.9. The molecular formula is C25H28N4O6. The van der Waals surface area contributed by atoms with Crippen LogP contribution >= 0.6 is 0 Å². The standard InChI is InChI=1S/C25H28N4O6/c1-4-15(2)25(33)35-12-11-34-21-8-6-5-7-20(21)28-29-23(16(3)30)24(32)26-18-9-10-19-17(13-18)14-22(31)27-19/h5-10,13,15,23H,4,11-12,14H2,1-3H3,(H,26,32)(H,27,31). The first-order valence-corrected chi connectivity index (χ1v) is 11.3. The summed E-state index contributed by atoms with van der Waals surface area (Å²) < 4.78 is 10.8. The van der Waals surface area contributed by atoms with Gasteiger partial charge in [-0.05, 0) is 49.2 Å². The number of nitrogens with one attached hydrogen (secondary N) is 2. The predicted molar refractivity (Wildman–Crippen MR) is 129 cm³/mol. The van der Waals surface area contributed by atoms with Gasteiger partial charge in [-0.2, -0.15) is 10.2 Å². The van der Waals surface area contributed by atoms with E-state index in [1.807, 2.05) is 6.92 Å². The van der Waals surface area contributed by atoms with Crippen LogP contribution in [-0.4, -0.2) is 42.8 Å². The minimum absolute atomic E-state index is 0.0784. The molecule has 1 heterocycles. The highest BCUT2D eigenvalue weighted by Gasteiger charge is 2.24. The van der Waals surface area contributed by atoms with Gasteiger partial charge in [-0.25, -0.2) is 0 Å². The molecule has 0 bridgehead atoms. The van der Waals surface area contributed by atoms with E-state index in [2.05, 4.69) is 20.9 Å². The second-order valence-corrected chi connectivity index (χ2v) is 8.11. The normalized spacial score (nSPS) is 14.1. The summed E-state index contributed by atoms with van der Waals surface area (Å²) in [5.74, 6) is -1.34.